The van der Waals surface area contributed by atoms with Crippen LogP contribution in [-0.2, 0) is 19.2 Å². The van der Waals surface area contributed by atoms with Gasteiger partial charge in [0.05, 0.1) is 24.2 Å². The molecule has 2 amide bonds. The maximum atomic E-state index is 13.1. The Labute approximate surface area is 218 Å². The first-order valence-corrected chi connectivity index (χ1v) is 12.8. The summed E-state index contributed by atoms with van der Waals surface area (Å²) in [5.41, 5.74) is 11.1. The lowest BCUT2D eigenvalue weighted by Gasteiger charge is -2.46. The van der Waals surface area contributed by atoms with Gasteiger partial charge in [0.1, 0.15) is 12.3 Å². The van der Waals surface area contributed by atoms with E-state index in [1.54, 1.807) is 17.0 Å². The molecule has 1 saturated heterocycles. The predicted molar refractivity (Wildman–Crippen MR) is 138 cm³/mol. The van der Waals surface area contributed by atoms with Gasteiger partial charge in [0.2, 0.25) is 11.5 Å². The van der Waals surface area contributed by atoms with Crippen molar-refractivity contribution in [2.45, 2.75) is 57.5 Å². The number of aliphatic hydroxyl groups excluding tert-OH is 1. The number of hydrogen-bond donors (Lipinski definition) is 5. The van der Waals surface area contributed by atoms with Gasteiger partial charge in [-0.2, -0.15) is 5.10 Å². The number of nitrogens with two attached hydrogens (primary N) is 2. The third-order valence-corrected chi connectivity index (χ3v) is 7.27. The summed E-state index contributed by atoms with van der Waals surface area (Å²) in [5, 5.41) is 32.0. The molecule has 3 aliphatic heterocycles. The first-order chi connectivity index (χ1) is 17.3. The number of β-lactam (4-membered cyclic amide) rings is 1. The van der Waals surface area contributed by atoms with Crippen molar-refractivity contribution in [3.63, 3.8) is 0 Å². The summed E-state index contributed by atoms with van der Waals surface area (Å²) in [6.07, 6.45) is 1.95. The molecule has 0 aliphatic carbocycles. The molecule has 0 aromatic carbocycles. The van der Waals surface area contributed by atoms with Crippen molar-refractivity contribution in [3.8, 4) is 0 Å². The Morgan fingerprint density at radius 2 is 2.14 bits per heavy atom. The van der Waals surface area contributed by atoms with Gasteiger partial charge in [-0.25, -0.2) is 4.79 Å². The standard InChI is InChI=1S/C22H34N8O6S/c1-5-11-6-13(17(23)31)27-30(8-11)9-15-12(19(33)29(15)4)7-25-18(32)16(14-10-37-21(24)26-14)28-36-22(2,3)20(34)35/h8,12,14-15,17,31H,5-7,9-10,23H2,1-4H3,(H2,24,26)(H,25,32)(H,34,35)/b28-16-/t12-,14?,15+,17?/m0/s1. The van der Waals surface area contributed by atoms with Crippen molar-refractivity contribution in [2.75, 3.05) is 25.9 Å². The van der Waals surface area contributed by atoms with E-state index < -0.39 is 35.7 Å². The van der Waals surface area contributed by atoms with Crippen molar-refractivity contribution in [1.82, 2.24) is 15.2 Å². The second-order valence-corrected chi connectivity index (χ2v) is 10.5. The Morgan fingerprint density at radius 3 is 2.70 bits per heavy atom. The molecule has 204 valence electrons. The van der Waals surface area contributed by atoms with Crippen LogP contribution in [0, 0.1) is 5.92 Å². The van der Waals surface area contributed by atoms with Gasteiger partial charge in [0.25, 0.3) is 5.91 Å². The number of aliphatic imine (C=N–C) groups is 1. The average molecular weight is 539 g/mol. The molecule has 15 heteroatoms. The number of carbonyl (C=O) groups is 3. The number of aliphatic hydroxyl groups is 1. The predicted octanol–water partition coefficient (Wildman–Crippen LogP) is -1.14. The number of allylic oxidation sites excluding steroid dienone is 1. The number of hydrogen-bond acceptors (Lipinski definition) is 12. The van der Waals surface area contributed by atoms with Gasteiger partial charge in [-0.3, -0.25) is 19.6 Å². The normalized spacial score (nSPS) is 25.1. The zero-order chi connectivity index (χ0) is 27.5. The number of likely N-dealkylation sites (N-methyl/N-ethyl adjacent to an activating group) is 1. The lowest BCUT2D eigenvalue weighted by Crippen LogP contribution is -2.65. The van der Waals surface area contributed by atoms with E-state index >= 15 is 0 Å². The van der Waals surface area contributed by atoms with Gasteiger partial charge >= 0.3 is 5.97 Å². The molecule has 3 heterocycles. The number of aliphatic carboxylic acids is 1. The number of carboxylic acid groups (broad SMARTS) is 1. The summed E-state index contributed by atoms with van der Waals surface area (Å²) in [7, 11) is 1.67. The van der Waals surface area contributed by atoms with Crippen LogP contribution in [0.2, 0.25) is 0 Å². The zero-order valence-corrected chi connectivity index (χ0v) is 22.1. The number of carboxylic acids is 1. The molecule has 0 radical (unpaired) electrons. The molecule has 0 saturated carbocycles. The SMILES string of the molecule is CCC1=CN(C[C@@H]2[C@H](CNC(=O)/C(=N\OC(C)(C)C(=O)O)C3CSC(N)=N3)C(=O)N2C)N=C(C(N)O)C1. The van der Waals surface area contributed by atoms with Gasteiger partial charge in [-0.05, 0) is 25.8 Å². The fourth-order valence-electron chi connectivity index (χ4n) is 3.92. The Hall–Kier alpha value is -3.17. The number of carbonyl (C=O) groups excluding carboxylic acids is 2. The first kappa shape index (κ1) is 28.4. The maximum Gasteiger partial charge on any atom is 0.350 e. The Morgan fingerprint density at radius 1 is 1.43 bits per heavy atom. The molecule has 1 fully saturated rings. The molecule has 3 rings (SSSR count). The molecule has 0 aromatic rings. The van der Waals surface area contributed by atoms with Crippen LogP contribution in [0.1, 0.15) is 33.6 Å². The molecule has 0 bridgehead atoms. The summed E-state index contributed by atoms with van der Waals surface area (Å²) in [4.78, 5) is 47.9. The third-order valence-electron chi connectivity index (χ3n) is 6.38. The molecule has 7 N–H and O–H groups in total. The largest absolute Gasteiger partial charge is 0.478 e. The average Bonchev–Trinajstić information content (AvgIpc) is 3.28. The quantitative estimate of drug-likeness (QED) is 0.0924. The van der Waals surface area contributed by atoms with Crippen LogP contribution in [0.4, 0.5) is 0 Å². The van der Waals surface area contributed by atoms with Gasteiger partial charge in [0, 0.05) is 32.0 Å². The molecule has 0 aromatic heterocycles. The van der Waals surface area contributed by atoms with Crippen LogP contribution in [-0.4, -0.2) is 104 Å². The van der Waals surface area contributed by atoms with E-state index in [9.17, 15) is 24.6 Å². The van der Waals surface area contributed by atoms with Crippen molar-refractivity contribution < 1.29 is 29.4 Å². The number of hydrazone groups is 1. The van der Waals surface area contributed by atoms with Crippen molar-refractivity contribution in [3.05, 3.63) is 11.8 Å². The number of nitrogens with zero attached hydrogens (tertiary/aromatic N) is 5. The van der Waals surface area contributed by atoms with E-state index in [1.165, 1.54) is 25.6 Å². The van der Waals surface area contributed by atoms with E-state index in [0.29, 0.717) is 24.4 Å². The van der Waals surface area contributed by atoms with Gasteiger partial charge in [0.15, 0.2) is 10.9 Å². The highest BCUT2D eigenvalue weighted by molar-refractivity contribution is 8.14. The summed E-state index contributed by atoms with van der Waals surface area (Å²) in [5.74, 6) is -2.22. The third kappa shape index (κ3) is 6.59. The van der Waals surface area contributed by atoms with Crippen LogP contribution in [0.25, 0.3) is 0 Å². The smallest absolute Gasteiger partial charge is 0.350 e. The number of amides is 2. The van der Waals surface area contributed by atoms with E-state index in [4.69, 9.17) is 16.3 Å². The number of oxime groups is 1. The minimum atomic E-state index is -1.67. The number of thioether (sulfide) groups is 1. The number of nitrogens with one attached hydrogen (secondary N) is 1. The van der Waals surface area contributed by atoms with Gasteiger partial charge in [-0.15, -0.1) is 0 Å². The van der Waals surface area contributed by atoms with Crippen LogP contribution in [0.5, 0.6) is 0 Å². The van der Waals surface area contributed by atoms with Crippen LogP contribution >= 0.6 is 11.8 Å². The second-order valence-electron chi connectivity index (χ2n) is 9.49. The lowest BCUT2D eigenvalue weighted by atomic mass is 9.87. The fraction of sp³-hybridized carbons (Fsp3) is 0.636. The Kier molecular flexibility index (Phi) is 8.81. The highest BCUT2D eigenvalue weighted by Crippen LogP contribution is 2.27. The highest BCUT2D eigenvalue weighted by atomic mass is 32.2. The van der Waals surface area contributed by atoms with Gasteiger partial charge in [-0.1, -0.05) is 23.8 Å². The van der Waals surface area contributed by atoms with Gasteiger partial charge < -0.3 is 36.7 Å². The summed E-state index contributed by atoms with van der Waals surface area (Å²) >= 11 is 1.24. The number of likely N-dealkylation sites (tertiary alicyclic amines) is 1. The zero-order valence-electron chi connectivity index (χ0n) is 21.2. The van der Waals surface area contributed by atoms with Crippen LogP contribution in [0.3, 0.4) is 0 Å². The van der Waals surface area contributed by atoms with Crippen LogP contribution in [0.15, 0.2) is 27.0 Å². The Bertz CT molecular complexity index is 1060. The van der Waals surface area contributed by atoms with Crippen molar-refractivity contribution >= 4 is 46.1 Å². The topological polar surface area (TPSA) is 209 Å². The fourth-order valence-corrected chi connectivity index (χ4v) is 4.68. The van der Waals surface area contributed by atoms with Crippen molar-refractivity contribution in [1.29, 1.82) is 0 Å². The molecular formula is C22H34N8O6S. The second kappa shape index (κ2) is 11.5. The van der Waals surface area contributed by atoms with Crippen molar-refractivity contribution in [2.24, 2.45) is 32.6 Å². The number of amidine groups is 1. The summed E-state index contributed by atoms with van der Waals surface area (Å²) in [6.45, 7) is 4.97. The van der Waals surface area contributed by atoms with E-state index in [0.717, 1.165) is 12.0 Å². The number of rotatable bonds is 11. The minimum absolute atomic E-state index is 0.0152. The first-order valence-electron chi connectivity index (χ1n) is 11.8. The molecule has 2 unspecified atom stereocenters. The Balaban J connectivity index is 1.70. The monoisotopic (exact) mass is 538 g/mol. The maximum absolute atomic E-state index is 13.1. The van der Waals surface area contributed by atoms with E-state index in [2.05, 4.69) is 20.6 Å². The van der Waals surface area contributed by atoms with E-state index in [-0.39, 0.29) is 29.4 Å². The van der Waals surface area contributed by atoms with Crippen LogP contribution < -0.4 is 16.8 Å². The molecule has 37 heavy (non-hydrogen) atoms. The summed E-state index contributed by atoms with van der Waals surface area (Å²) in [6, 6.07) is -0.981. The molecule has 0 spiro atoms. The summed E-state index contributed by atoms with van der Waals surface area (Å²) < 4.78 is 0. The molecule has 4 atom stereocenters. The minimum Gasteiger partial charge on any atom is -0.478 e. The van der Waals surface area contributed by atoms with E-state index in [1.807, 2.05) is 13.1 Å². The lowest BCUT2D eigenvalue weighted by molar-refractivity contribution is -0.161. The highest BCUT2D eigenvalue weighted by Gasteiger charge is 2.46. The molecular weight excluding hydrogens is 504 g/mol. The molecule has 14 nitrogen and oxygen atoms in total. The molecule has 3 aliphatic rings.